The van der Waals surface area contributed by atoms with Gasteiger partial charge in [0.2, 0.25) is 5.88 Å². The molecule has 2 aromatic heterocycles. The highest BCUT2D eigenvalue weighted by Crippen LogP contribution is 2.40. The Morgan fingerprint density at radius 3 is 2.68 bits per heavy atom. The van der Waals surface area contributed by atoms with Crippen molar-refractivity contribution in [1.82, 2.24) is 15.2 Å². The molecule has 0 spiro atoms. The second kappa shape index (κ2) is 5.01. The number of halogens is 3. The van der Waals surface area contributed by atoms with Crippen LogP contribution in [0.1, 0.15) is 11.1 Å². The van der Waals surface area contributed by atoms with Crippen LogP contribution in [0, 0.1) is 6.92 Å². The molecule has 0 aliphatic heterocycles. The number of alkyl halides is 3. The molecule has 0 saturated carbocycles. The van der Waals surface area contributed by atoms with Crippen LogP contribution in [0.15, 0.2) is 30.6 Å². The molecule has 2 heterocycles. The van der Waals surface area contributed by atoms with Gasteiger partial charge in [0.15, 0.2) is 0 Å². The number of ether oxygens (including phenoxy) is 1. The van der Waals surface area contributed by atoms with Crippen molar-refractivity contribution in [3.05, 3.63) is 41.7 Å². The lowest BCUT2D eigenvalue weighted by Crippen LogP contribution is -2.05. The predicted octanol–water partition coefficient (Wildman–Crippen LogP) is 3.96. The number of benzene rings is 1. The molecule has 0 aliphatic carbocycles. The van der Waals surface area contributed by atoms with Crippen LogP contribution in [0.4, 0.5) is 13.2 Å². The van der Waals surface area contributed by atoms with Crippen molar-refractivity contribution in [2.75, 3.05) is 7.11 Å². The zero-order valence-electron chi connectivity index (χ0n) is 11.8. The highest BCUT2D eigenvalue weighted by Gasteiger charge is 2.32. The fourth-order valence-electron chi connectivity index (χ4n) is 2.44. The number of hydrogen-bond donors (Lipinski definition) is 1. The number of H-pyrrole nitrogens is 1. The minimum Gasteiger partial charge on any atom is -0.481 e. The van der Waals surface area contributed by atoms with Gasteiger partial charge in [-0.15, -0.1) is 0 Å². The number of nitrogens with zero attached hydrogens (tertiary/aromatic N) is 2. The summed E-state index contributed by atoms with van der Waals surface area (Å²) in [6.45, 7) is 1.80. The van der Waals surface area contributed by atoms with E-state index in [9.17, 15) is 13.2 Å². The van der Waals surface area contributed by atoms with E-state index in [2.05, 4.69) is 15.2 Å². The first-order valence-electron chi connectivity index (χ1n) is 6.46. The van der Waals surface area contributed by atoms with Crippen molar-refractivity contribution in [3.8, 4) is 17.0 Å². The van der Waals surface area contributed by atoms with Crippen molar-refractivity contribution in [3.63, 3.8) is 0 Å². The number of rotatable bonds is 2. The molecule has 0 saturated heterocycles. The van der Waals surface area contributed by atoms with Gasteiger partial charge in [-0.25, -0.2) is 4.98 Å². The second-order valence-electron chi connectivity index (χ2n) is 4.86. The first kappa shape index (κ1) is 14.4. The fraction of sp³-hybridized carbons (Fsp3) is 0.200. The Labute approximate surface area is 123 Å². The lowest BCUT2D eigenvalue weighted by Gasteiger charge is -2.14. The zero-order chi connectivity index (χ0) is 15.9. The monoisotopic (exact) mass is 307 g/mol. The van der Waals surface area contributed by atoms with E-state index in [1.165, 1.54) is 13.3 Å². The van der Waals surface area contributed by atoms with E-state index >= 15 is 0 Å². The standard InChI is InChI=1S/C15H12F3N3O/c1-8-3-4-19-14(22-2)13(8)10-5-9(15(16,17)18)6-12-11(10)7-20-21-12/h3-7H,1-2H3,(H,20,21). The molecule has 0 aliphatic rings. The van der Waals surface area contributed by atoms with Crippen molar-refractivity contribution in [1.29, 1.82) is 0 Å². The van der Waals surface area contributed by atoms with E-state index in [-0.39, 0.29) is 5.88 Å². The van der Waals surface area contributed by atoms with Crippen LogP contribution < -0.4 is 4.74 Å². The average Bonchev–Trinajstić information content (AvgIpc) is 2.93. The Morgan fingerprint density at radius 2 is 2.00 bits per heavy atom. The lowest BCUT2D eigenvalue weighted by molar-refractivity contribution is -0.137. The normalized spacial score (nSPS) is 11.9. The summed E-state index contributed by atoms with van der Waals surface area (Å²) >= 11 is 0. The molecule has 1 aromatic carbocycles. The summed E-state index contributed by atoms with van der Waals surface area (Å²) in [6, 6.07) is 3.87. The maximum Gasteiger partial charge on any atom is 0.416 e. The van der Waals surface area contributed by atoms with Crippen LogP contribution in [-0.4, -0.2) is 22.3 Å². The summed E-state index contributed by atoms with van der Waals surface area (Å²) in [5.74, 6) is 0.279. The highest BCUT2D eigenvalue weighted by molar-refractivity contribution is 5.97. The molecule has 0 amide bonds. The minimum absolute atomic E-state index is 0.279. The van der Waals surface area contributed by atoms with Gasteiger partial charge in [0.05, 0.1) is 24.4 Å². The topological polar surface area (TPSA) is 50.8 Å². The second-order valence-corrected chi connectivity index (χ2v) is 4.86. The number of fused-ring (bicyclic) bond motifs is 1. The third kappa shape index (κ3) is 2.28. The Kier molecular flexibility index (Phi) is 3.27. The van der Waals surface area contributed by atoms with Crippen LogP contribution in [-0.2, 0) is 6.18 Å². The molecular formula is C15H12F3N3O. The average molecular weight is 307 g/mol. The van der Waals surface area contributed by atoms with Crippen molar-refractivity contribution in [2.45, 2.75) is 13.1 Å². The summed E-state index contributed by atoms with van der Waals surface area (Å²) in [5, 5.41) is 7.02. The summed E-state index contributed by atoms with van der Waals surface area (Å²) in [4.78, 5) is 4.08. The van der Waals surface area contributed by atoms with E-state index in [1.807, 2.05) is 0 Å². The summed E-state index contributed by atoms with van der Waals surface area (Å²) in [5.41, 5.74) is 1.26. The third-order valence-electron chi connectivity index (χ3n) is 3.47. The largest absolute Gasteiger partial charge is 0.481 e. The van der Waals surface area contributed by atoms with Gasteiger partial charge in [0, 0.05) is 17.1 Å². The van der Waals surface area contributed by atoms with E-state index in [0.717, 1.165) is 17.7 Å². The van der Waals surface area contributed by atoms with Crippen LogP contribution in [0.2, 0.25) is 0 Å². The summed E-state index contributed by atoms with van der Waals surface area (Å²) in [6.07, 6.45) is -1.40. The van der Waals surface area contributed by atoms with E-state index in [0.29, 0.717) is 22.0 Å². The van der Waals surface area contributed by atoms with Crippen LogP contribution in [0.5, 0.6) is 5.88 Å². The predicted molar refractivity (Wildman–Crippen MR) is 75.6 cm³/mol. The molecule has 0 unspecified atom stereocenters. The molecule has 7 heteroatoms. The molecule has 1 N–H and O–H groups in total. The van der Waals surface area contributed by atoms with Gasteiger partial charge in [-0.2, -0.15) is 18.3 Å². The number of aromatic nitrogens is 3. The van der Waals surface area contributed by atoms with Gasteiger partial charge in [0.25, 0.3) is 0 Å². The molecule has 0 fully saturated rings. The zero-order valence-corrected chi connectivity index (χ0v) is 11.8. The fourth-order valence-corrected chi connectivity index (χ4v) is 2.44. The van der Waals surface area contributed by atoms with Crippen LogP contribution in [0.25, 0.3) is 22.0 Å². The van der Waals surface area contributed by atoms with E-state index < -0.39 is 11.7 Å². The Morgan fingerprint density at radius 1 is 1.23 bits per heavy atom. The lowest BCUT2D eigenvalue weighted by atomic mass is 9.96. The molecule has 0 radical (unpaired) electrons. The maximum absolute atomic E-state index is 13.1. The highest BCUT2D eigenvalue weighted by atomic mass is 19.4. The van der Waals surface area contributed by atoms with Gasteiger partial charge in [0.1, 0.15) is 0 Å². The quantitative estimate of drug-likeness (QED) is 0.779. The van der Waals surface area contributed by atoms with Crippen molar-refractivity contribution in [2.24, 2.45) is 0 Å². The molecule has 3 aromatic rings. The number of aryl methyl sites for hydroxylation is 1. The number of aromatic amines is 1. The summed E-state index contributed by atoms with van der Waals surface area (Å²) in [7, 11) is 1.44. The first-order valence-corrected chi connectivity index (χ1v) is 6.46. The van der Waals surface area contributed by atoms with Gasteiger partial charge in [-0.1, -0.05) is 0 Å². The van der Waals surface area contributed by atoms with Crippen molar-refractivity contribution >= 4 is 10.9 Å². The minimum atomic E-state index is -4.45. The molecular weight excluding hydrogens is 295 g/mol. The molecule has 3 rings (SSSR count). The van der Waals surface area contributed by atoms with E-state index in [4.69, 9.17) is 4.74 Å². The van der Waals surface area contributed by atoms with E-state index in [1.54, 1.807) is 19.2 Å². The summed E-state index contributed by atoms with van der Waals surface area (Å²) < 4.78 is 44.6. The van der Waals surface area contributed by atoms with Gasteiger partial charge in [-0.05, 0) is 36.2 Å². The van der Waals surface area contributed by atoms with Crippen LogP contribution >= 0.6 is 0 Å². The molecule has 4 nitrogen and oxygen atoms in total. The Bertz CT molecular complexity index is 840. The number of nitrogens with one attached hydrogen (secondary N) is 1. The number of pyridine rings is 1. The molecule has 114 valence electrons. The number of hydrogen-bond acceptors (Lipinski definition) is 3. The van der Waals surface area contributed by atoms with Gasteiger partial charge < -0.3 is 4.74 Å². The van der Waals surface area contributed by atoms with Crippen LogP contribution in [0.3, 0.4) is 0 Å². The first-order chi connectivity index (χ1) is 10.4. The SMILES string of the molecule is COc1nccc(C)c1-c1cc(C(F)(F)F)cc2[nH]ncc12. The molecule has 0 atom stereocenters. The smallest absolute Gasteiger partial charge is 0.416 e. The van der Waals surface area contributed by atoms with Gasteiger partial charge in [-0.3, -0.25) is 5.10 Å². The maximum atomic E-state index is 13.1. The number of methoxy groups -OCH3 is 1. The third-order valence-corrected chi connectivity index (χ3v) is 3.47. The Balaban J connectivity index is 2.38. The van der Waals surface area contributed by atoms with Crippen molar-refractivity contribution < 1.29 is 17.9 Å². The molecule has 22 heavy (non-hydrogen) atoms. The molecule has 0 bridgehead atoms. The Hall–Kier alpha value is -2.57. The van der Waals surface area contributed by atoms with Gasteiger partial charge >= 0.3 is 6.18 Å².